The number of hydrogen-bond donors (Lipinski definition) is 3. The summed E-state index contributed by atoms with van der Waals surface area (Å²) >= 11 is 5.34. The van der Waals surface area contributed by atoms with E-state index in [0.29, 0.717) is 23.6 Å². The van der Waals surface area contributed by atoms with Crippen LogP contribution in [0.3, 0.4) is 0 Å². The van der Waals surface area contributed by atoms with Gasteiger partial charge in [-0.15, -0.1) is 0 Å². The predicted molar refractivity (Wildman–Crippen MR) is 113 cm³/mol. The first kappa shape index (κ1) is 22.6. The van der Waals surface area contributed by atoms with Crippen LogP contribution in [0.2, 0.25) is 0 Å². The van der Waals surface area contributed by atoms with E-state index in [-0.39, 0.29) is 30.1 Å². The Morgan fingerprint density at radius 1 is 1.31 bits per heavy atom. The minimum atomic E-state index is -0.593. The Hall–Kier alpha value is -2.65. The van der Waals surface area contributed by atoms with E-state index in [1.807, 2.05) is 19.1 Å². The van der Waals surface area contributed by atoms with Gasteiger partial charge in [-0.2, -0.15) is 0 Å². The van der Waals surface area contributed by atoms with Gasteiger partial charge in [0.15, 0.2) is 4.77 Å². The normalized spacial score (nSPS) is 11.2. The second kappa shape index (κ2) is 9.71. The van der Waals surface area contributed by atoms with Crippen LogP contribution in [-0.4, -0.2) is 46.1 Å². The summed E-state index contributed by atoms with van der Waals surface area (Å²) in [5, 5.41) is 11.8. The first-order valence-electron chi connectivity index (χ1n) is 9.26. The molecule has 1 aromatic carbocycles. The van der Waals surface area contributed by atoms with E-state index < -0.39 is 11.7 Å². The molecule has 2 rings (SSSR count). The summed E-state index contributed by atoms with van der Waals surface area (Å²) in [6.07, 6.45) is -0.530. The summed E-state index contributed by atoms with van der Waals surface area (Å²) in [7, 11) is 0. The molecule has 0 saturated carbocycles. The van der Waals surface area contributed by atoms with E-state index in [2.05, 4.69) is 10.3 Å². The van der Waals surface area contributed by atoms with Gasteiger partial charge in [0.25, 0.3) is 5.56 Å². The Morgan fingerprint density at radius 3 is 2.69 bits per heavy atom. The second-order valence-electron chi connectivity index (χ2n) is 7.48. The van der Waals surface area contributed by atoms with Gasteiger partial charge in [0.1, 0.15) is 18.0 Å². The molecule has 0 aliphatic carbocycles. The average Bonchev–Trinajstić information content (AvgIpc) is 2.60. The number of carbonyl (C=O) groups is 1. The smallest absolute Gasteiger partial charge is 0.407 e. The molecule has 29 heavy (non-hydrogen) atoms. The maximum Gasteiger partial charge on any atom is 0.407 e. The number of nitrogens with zero attached hydrogens (tertiary/aromatic N) is 1. The molecule has 0 aliphatic rings. The fraction of sp³-hybridized carbons (Fsp3) is 0.450. The number of benzene rings is 1. The zero-order valence-corrected chi connectivity index (χ0v) is 17.9. The maximum absolute atomic E-state index is 12.1. The highest BCUT2D eigenvalue weighted by Crippen LogP contribution is 2.30. The Bertz CT molecular complexity index is 975. The quantitative estimate of drug-likeness (QED) is 0.594. The first-order valence-corrected chi connectivity index (χ1v) is 9.67. The average molecular weight is 422 g/mol. The van der Waals surface area contributed by atoms with Gasteiger partial charge in [0, 0.05) is 24.7 Å². The number of aromatic nitrogens is 2. The van der Waals surface area contributed by atoms with Crippen LogP contribution < -0.4 is 15.6 Å². The molecule has 1 heterocycles. The van der Waals surface area contributed by atoms with Gasteiger partial charge < -0.3 is 24.5 Å². The highest BCUT2D eigenvalue weighted by atomic mass is 32.1. The van der Waals surface area contributed by atoms with E-state index >= 15 is 0 Å². The number of ether oxygens (including phenoxy) is 2. The minimum absolute atomic E-state index is 0.125. The van der Waals surface area contributed by atoms with Crippen LogP contribution in [0.5, 0.6) is 5.75 Å². The molecule has 0 unspecified atom stereocenters. The van der Waals surface area contributed by atoms with Crippen molar-refractivity contribution in [3.63, 3.8) is 0 Å². The largest absolute Gasteiger partial charge is 0.490 e. The molecule has 1 aromatic heterocycles. The second-order valence-corrected chi connectivity index (χ2v) is 7.86. The van der Waals surface area contributed by atoms with E-state index in [1.54, 1.807) is 31.4 Å². The van der Waals surface area contributed by atoms with Crippen molar-refractivity contribution >= 4 is 18.3 Å². The summed E-state index contributed by atoms with van der Waals surface area (Å²) in [5.74, 6) is 0.526. The monoisotopic (exact) mass is 421 g/mol. The third-order valence-electron chi connectivity index (χ3n) is 3.80. The van der Waals surface area contributed by atoms with Gasteiger partial charge in [0.2, 0.25) is 0 Å². The van der Waals surface area contributed by atoms with Crippen molar-refractivity contribution in [2.24, 2.45) is 0 Å². The number of aryl methyl sites for hydroxylation is 1. The fourth-order valence-electron chi connectivity index (χ4n) is 2.67. The number of alkyl carbamates (subject to hydrolysis) is 1. The lowest BCUT2D eigenvalue weighted by Crippen LogP contribution is -2.34. The van der Waals surface area contributed by atoms with Crippen LogP contribution in [0.15, 0.2) is 29.1 Å². The number of H-pyrrole nitrogens is 1. The van der Waals surface area contributed by atoms with Gasteiger partial charge in [-0.25, -0.2) is 4.79 Å². The lowest BCUT2D eigenvalue weighted by molar-refractivity contribution is 0.0526. The predicted octanol–water partition coefficient (Wildman–Crippen LogP) is 2.78. The van der Waals surface area contributed by atoms with E-state index in [0.717, 1.165) is 5.56 Å². The Morgan fingerprint density at radius 2 is 2.03 bits per heavy atom. The Balaban J connectivity index is 2.35. The minimum Gasteiger partial charge on any atom is -0.490 e. The molecule has 2 aromatic rings. The highest BCUT2D eigenvalue weighted by Gasteiger charge is 2.16. The van der Waals surface area contributed by atoms with Crippen molar-refractivity contribution in [1.82, 2.24) is 14.9 Å². The topological polar surface area (TPSA) is 106 Å². The molecule has 1 amide bonds. The lowest BCUT2D eigenvalue weighted by atomic mass is 10.1. The van der Waals surface area contributed by atoms with Crippen LogP contribution in [0.25, 0.3) is 11.3 Å². The summed E-state index contributed by atoms with van der Waals surface area (Å²) in [6.45, 7) is 7.85. The summed E-state index contributed by atoms with van der Waals surface area (Å²) in [4.78, 5) is 26.6. The summed E-state index contributed by atoms with van der Waals surface area (Å²) in [5.41, 5.74) is 1.27. The molecule has 0 saturated heterocycles. The van der Waals surface area contributed by atoms with Crippen molar-refractivity contribution in [2.75, 3.05) is 19.8 Å². The van der Waals surface area contributed by atoms with Gasteiger partial charge in [-0.05, 0) is 52.0 Å². The number of aliphatic hydroxyl groups is 1. The molecule has 8 nitrogen and oxygen atoms in total. The molecule has 0 radical (unpaired) electrons. The van der Waals surface area contributed by atoms with Crippen LogP contribution in [-0.2, 0) is 11.3 Å². The zero-order chi connectivity index (χ0) is 21.6. The molecule has 0 spiro atoms. The van der Waals surface area contributed by atoms with E-state index in [1.165, 1.54) is 6.07 Å². The fourth-order valence-corrected chi connectivity index (χ4v) is 2.97. The third kappa shape index (κ3) is 6.72. The zero-order valence-electron chi connectivity index (χ0n) is 17.1. The van der Waals surface area contributed by atoms with Crippen LogP contribution in [0.4, 0.5) is 4.79 Å². The molecule has 9 heteroatoms. The molecular weight excluding hydrogens is 394 g/mol. The number of hydrogen-bond acceptors (Lipinski definition) is 6. The molecular formula is C20H27N3O5S. The van der Waals surface area contributed by atoms with E-state index in [9.17, 15) is 9.59 Å². The van der Waals surface area contributed by atoms with E-state index in [4.69, 9.17) is 26.8 Å². The molecule has 0 atom stereocenters. The molecule has 0 fully saturated rings. The van der Waals surface area contributed by atoms with Crippen molar-refractivity contribution < 1.29 is 19.4 Å². The highest BCUT2D eigenvalue weighted by molar-refractivity contribution is 7.71. The first-order chi connectivity index (χ1) is 13.6. The molecule has 0 aliphatic heterocycles. The molecule has 0 bridgehead atoms. The van der Waals surface area contributed by atoms with Crippen molar-refractivity contribution in [1.29, 1.82) is 0 Å². The number of aliphatic hydroxyl groups excluding tert-OH is 1. The summed E-state index contributed by atoms with van der Waals surface area (Å²) in [6, 6.07) is 6.98. The van der Waals surface area contributed by atoms with Gasteiger partial charge >= 0.3 is 6.09 Å². The number of carbonyl (C=O) groups excluding carboxylic acids is 1. The van der Waals surface area contributed by atoms with Gasteiger partial charge in [0.05, 0.1) is 12.3 Å². The van der Waals surface area contributed by atoms with Crippen LogP contribution in [0.1, 0.15) is 26.3 Å². The van der Waals surface area contributed by atoms with Crippen LogP contribution >= 0.6 is 12.2 Å². The Labute approximate surface area is 174 Å². The standard InChI is InChI=1S/C20H27N3O5S/c1-13-5-6-16(27-10-9-24)14(11-13)15-12-17(25)22-18(29)23(15)8-7-21-19(26)28-20(2,3)4/h5-6,11-12,24H,7-10H2,1-4H3,(H,21,26)(H,22,25,29). The summed E-state index contributed by atoms with van der Waals surface area (Å²) < 4.78 is 12.8. The molecule has 3 N–H and O–H groups in total. The lowest BCUT2D eigenvalue weighted by Gasteiger charge is -2.20. The third-order valence-corrected chi connectivity index (χ3v) is 4.12. The van der Waals surface area contributed by atoms with Crippen LogP contribution in [0, 0.1) is 11.7 Å². The van der Waals surface area contributed by atoms with Gasteiger partial charge in [-0.3, -0.25) is 9.78 Å². The Kier molecular flexibility index (Phi) is 7.58. The van der Waals surface area contributed by atoms with Gasteiger partial charge in [-0.1, -0.05) is 11.6 Å². The van der Waals surface area contributed by atoms with Crippen molar-refractivity contribution in [2.45, 2.75) is 39.8 Å². The number of nitrogens with one attached hydrogen (secondary N) is 2. The SMILES string of the molecule is Cc1ccc(OCCO)c(-c2cc(=O)[nH]c(=S)n2CCNC(=O)OC(C)(C)C)c1. The maximum atomic E-state index is 12.1. The number of aromatic amines is 1. The number of amides is 1. The number of rotatable bonds is 7. The van der Waals surface area contributed by atoms with Crippen molar-refractivity contribution in [3.05, 3.63) is 45.0 Å². The van der Waals surface area contributed by atoms with Crippen molar-refractivity contribution in [3.8, 4) is 17.0 Å². The molecule has 158 valence electrons.